The van der Waals surface area contributed by atoms with Crippen LogP contribution in [0.1, 0.15) is 49.6 Å². The minimum Gasteiger partial charge on any atom is -0.301 e. The van der Waals surface area contributed by atoms with Gasteiger partial charge in [-0.25, -0.2) is 8.42 Å². The standard InChI is InChI=1S/C17H23N3O3S2/c1-3-7-13(2)16-19-20-17(24-16)18-15(21)10-11-25(22,23)12-14-8-5-4-6-9-14/h4-6,8-9,13H,3,7,10-12H2,1-2H3,(H,18,20,21)/t13-/m1/s1. The first-order valence-electron chi connectivity index (χ1n) is 8.27. The highest BCUT2D eigenvalue weighted by Crippen LogP contribution is 2.26. The molecule has 0 aliphatic rings. The van der Waals surface area contributed by atoms with E-state index in [1.165, 1.54) is 11.3 Å². The Morgan fingerprint density at radius 1 is 1.24 bits per heavy atom. The summed E-state index contributed by atoms with van der Waals surface area (Å²) in [5.41, 5.74) is 0.724. The lowest BCUT2D eigenvalue weighted by atomic mass is 10.1. The number of benzene rings is 1. The summed E-state index contributed by atoms with van der Waals surface area (Å²) in [7, 11) is -3.33. The molecule has 0 aliphatic heterocycles. The van der Waals surface area contributed by atoms with Gasteiger partial charge in [0.15, 0.2) is 9.84 Å². The topological polar surface area (TPSA) is 89.0 Å². The lowest BCUT2D eigenvalue weighted by Crippen LogP contribution is -2.18. The summed E-state index contributed by atoms with van der Waals surface area (Å²) in [6.07, 6.45) is 1.98. The summed E-state index contributed by atoms with van der Waals surface area (Å²) in [5, 5.41) is 12.0. The lowest BCUT2D eigenvalue weighted by Gasteiger charge is -2.05. The van der Waals surface area contributed by atoms with Crippen LogP contribution in [0.25, 0.3) is 0 Å². The molecule has 0 spiro atoms. The highest BCUT2D eigenvalue weighted by molar-refractivity contribution is 7.90. The van der Waals surface area contributed by atoms with Gasteiger partial charge in [0.1, 0.15) is 5.01 Å². The molecule has 1 atom stereocenters. The number of amides is 1. The fraction of sp³-hybridized carbons (Fsp3) is 0.471. The lowest BCUT2D eigenvalue weighted by molar-refractivity contribution is -0.115. The normalized spacial score (nSPS) is 12.7. The van der Waals surface area contributed by atoms with Gasteiger partial charge in [0.2, 0.25) is 11.0 Å². The second-order valence-electron chi connectivity index (χ2n) is 6.01. The number of nitrogens with one attached hydrogen (secondary N) is 1. The quantitative estimate of drug-likeness (QED) is 0.719. The molecule has 2 rings (SSSR count). The van der Waals surface area contributed by atoms with E-state index in [4.69, 9.17) is 0 Å². The molecule has 0 unspecified atom stereocenters. The number of carbonyl (C=O) groups excluding carboxylic acids is 1. The first-order valence-corrected chi connectivity index (χ1v) is 10.9. The molecule has 1 aromatic carbocycles. The maximum Gasteiger partial charge on any atom is 0.227 e. The highest BCUT2D eigenvalue weighted by atomic mass is 32.2. The van der Waals surface area contributed by atoms with Crippen LogP contribution in [0.3, 0.4) is 0 Å². The Morgan fingerprint density at radius 3 is 2.64 bits per heavy atom. The van der Waals surface area contributed by atoms with Crippen LogP contribution in [0, 0.1) is 0 Å². The van der Waals surface area contributed by atoms with Crippen molar-refractivity contribution in [3.8, 4) is 0 Å². The molecule has 1 aromatic heterocycles. The summed E-state index contributed by atoms with van der Waals surface area (Å²) in [6.45, 7) is 4.18. The van der Waals surface area contributed by atoms with E-state index in [1.807, 2.05) is 6.07 Å². The number of carbonyl (C=O) groups is 1. The van der Waals surface area contributed by atoms with E-state index < -0.39 is 9.84 Å². The van der Waals surface area contributed by atoms with Crippen LogP contribution in [-0.2, 0) is 20.4 Å². The molecule has 0 saturated heterocycles. The molecule has 0 radical (unpaired) electrons. The summed E-state index contributed by atoms with van der Waals surface area (Å²) in [4.78, 5) is 12.0. The van der Waals surface area contributed by atoms with Crippen molar-refractivity contribution in [1.29, 1.82) is 0 Å². The molecule has 1 N–H and O–H groups in total. The number of aromatic nitrogens is 2. The van der Waals surface area contributed by atoms with E-state index in [9.17, 15) is 13.2 Å². The Hall–Kier alpha value is -1.80. The second-order valence-corrected chi connectivity index (χ2v) is 9.20. The zero-order chi connectivity index (χ0) is 18.3. The predicted octanol–water partition coefficient (Wildman–Crippen LogP) is 3.39. The van der Waals surface area contributed by atoms with Gasteiger partial charge < -0.3 is 5.32 Å². The summed E-state index contributed by atoms with van der Waals surface area (Å²) in [6, 6.07) is 8.95. The fourth-order valence-electron chi connectivity index (χ4n) is 2.37. The Morgan fingerprint density at radius 2 is 1.96 bits per heavy atom. The van der Waals surface area contributed by atoms with Gasteiger partial charge in [-0.1, -0.05) is 61.9 Å². The van der Waals surface area contributed by atoms with Gasteiger partial charge in [-0.05, 0) is 12.0 Å². The number of sulfone groups is 1. The van der Waals surface area contributed by atoms with Crippen molar-refractivity contribution in [2.45, 2.75) is 44.8 Å². The van der Waals surface area contributed by atoms with Crippen molar-refractivity contribution in [1.82, 2.24) is 10.2 Å². The summed E-state index contributed by atoms with van der Waals surface area (Å²) in [5.74, 6) is -0.300. The van der Waals surface area contributed by atoms with Crippen molar-refractivity contribution in [2.75, 3.05) is 11.1 Å². The van der Waals surface area contributed by atoms with Gasteiger partial charge in [-0.15, -0.1) is 10.2 Å². The van der Waals surface area contributed by atoms with E-state index in [1.54, 1.807) is 24.3 Å². The highest BCUT2D eigenvalue weighted by Gasteiger charge is 2.17. The van der Waals surface area contributed by atoms with E-state index >= 15 is 0 Å². The minimum absolute atomic E-state index is 0.0569. The van der Waals surface area contributed by atoms with Crippen molar-refractivity contribution < 1.29 is 13.2 Å². The van der Waals surface area contributed by atoms with E-state index in [0.717, 1.165) is 23.4 Å². The molecule has 25 heavy (non-hydrogen) atoms. The largest absolute Gasteiger partial charge is 0.301 e. The van der Waals surface area contributed by atoms with E-state index in [-0.39, 0.29) is 23.8 Å². The van der Waals surface area contributed by atoms with Crippen molar-refractivity contribution in [3.63, 3.8) is 0 Å². The van der Waals surface area contributed by atoms with Gasteiger partial charge in [0.05, 0.1) is 11.5 Å². The van der Waals surface area contributed by atoms with Crippen molar-refractivity contribution in [2.24, 2.45) is 0 Å². The molecule has 0 saturated carbocycles. The monoisotopic (exact) mass is 381 g/mol. The maximum absolute atomic E-state index is 12.1. The zero-order valence-electron chi connectivity index (χ0n) is 14.4. The van der Waals surface area contributed by atoms with Crippen LogP contribution in [-0.4, -0.2) is 30.3 Å². The van der Waals surface area contributed by atoms with Gasteiger partial charge in [0, 0.05) is 12.3 Å². The molecule has 1 amide bonds. The van der Waals surface area contributed by atoms with Crippen molar-refractivity contribution >= 4 is 32.2 Å². The van der Waals surface area contributed by atoms with Crippen LogP contribution in [0.4, 0.5) is 5.13 Å². The Bertz CT molecular complexity index is 788. The number of hydrogen-bond acceptors (Lipinski definition) is 6. The summed E-state index contributed by atoms with van der Waals surface area (Å²) < 4.78 is 24.2. The van der Waals surface area contributed by atoms with Crippen LogP contribution in [0.2, 0.25) is 0 Å². The van der Waals surface area contributed by atoms with Crippen LogP contribution in [0.5, 0.6) is 0 Å². The Kier molecular flexibility index (Phi) is 7.07. The molecule has 2 aromatic rings. The van der Waals surface area contributed by atoms with E-state index in [2.05, 4.69) is 29.4 Å². The third-order valence-corrected chi connectivity index (χ3v) is 6.37. The average Bonchev–Trinajstić information content (AvgIpc) is 3.02. The Balaban J connectivity index is 1.84. The predicted molar refractivity (Wildman–Crippen MR) is 100 cm³/mol. The third-order valence-electron chi connectivity index (χ3n) is 3.70. The third kappa shape index (κ3) is 6.55. The molecular weight excluding hydrogens is 358 g/mol. The van der Waals surface area contributed by atoms with Gasteiger partial charge in [-0.3, -0.25) is 4.79 Å². The van der Waals surface area contributed by atoms with Crippen LogP contribution < -0.4 is 5.32 Å². The minimum atomic E-state index is -3.33. The fourth-order valence-corrected chi connectivity index (χ4v) is 4.56. The number of nitrogens with zero attached hydrogens (tertiary/aromatic N) is 2. The summed E-state index contributed by atoms with van der Waals surface area (Å²) >= 11 is 1.34. The first-order chi connectivity index (χ1) is 11.9. The Labute approximate surface area is 152 Å². The molecule has 0 bridgehead atoms. The number of anilines is 1. The number of hydrogen-bond donors (Lipinski definition) is 1. The molecule has 8 heteroatoms. The van der Waals surface area contributed by atoms with Gasteiger partial charge in [0.25, 0.3) is 0 Å². The zero-order valence-corrected chi connectivity index (χ0v) is 16.1. The molecule has 6 nitrogen and oxygen atoms in total. The molecule has 0 aliphatic carbocycles. The maximum atomic E-state index is 12.1. The molecule has 0 fully saturated rings. The van der Waals surface area contributed by atoms with Gasteiger partial charge in [-0.2, -0.15) is 0 Å². The smallest absolute Gasteiger partial charge is 0.227 e. The van der Waals surface area contributed by atoms with Crippen LogP contribution >= 0.6 is 11.3 Å². The second kappa shape index (κ2) is 9.05. The van der Waals surface area contributed by atoms with Crippen molar-refractivity contribution in [3.05, 3.63) is 40.9 Å². The molecule has 136 valence electrons. The SMILES string of the molecule is CCC[C@@H](C)c1nnc(NC(=O)CCS(=O)(=O)Cc2ccccc2)s1. The van der Waals surface area contributed by atoms with E-state index in [0.29, 0.717) is 11.0 Å². The van der Waals surface area contributed by atoms with Crippen LogP contribution in [0.15, 0.2) is 30.3 Å². The molecule has 1 heterocycles. The number of rotatable bonds is 9. The average molecular weight is 382 g/mol. The molecular formula is C17H23N3O3S2. The first kappa shape index (κ1) is 19.5. The van der Waals surface area contributed by atoms with Gasteiger partial charge >= 0.3 is 0 Å².